The molecule has 0 saturated heterocycles. The van der Waals surface area contributed by atoms with Gasteiger partial charge < -0.3 is 13.3 Å². The van der Waals surface area contributed by atoms with Crippen LogP contribution in [-0.4, -0.2) is 17.3 Å². The van der Waals surface area contributed by atoms with Crippen molar-refractivity contribution in [1.82, 2.24) is 0 Å². The van der Waals surface area contributed by atoms with Gasteiger partial charge in [-0.25, -0.2) is 0 Å². The molecule has 7 rings (SSSR count). The van der Waals surface area contributed by atoms with E-state index < -0.39 is 0 Å². The highest BCUT2D eigenvalue weighted by atomic mass is 16.4. The van der Waals surface area contributed by atoms with Crippen LogP contribution in [0.25, 0.3) is 32.9 Å². The van der Waals surface area contributed by atoms with Gasteiger partial charge in [-0.2, -0.15) is 0 Å². The van der Waals surface area contributed by atoms with Gasteiger partial charge >= 0.3 is 0 Å². The molecule has 6 aromatic rings. The largest absolute Gasteiger partial charge is 0.460 e. The molecule has 3 aromatic heterocycles. The molecule has 0 unspecified atom stereocenters. The van der Waals surface area contributed by atoms with Gasteiger partial charge in [-0.05, 0) is 71.9 Å². The van der Waals surface area contributed by atoms with Crippen LogP contribution in [0.5, 0.6) is 0 Å². The summed E-state index contributed by atoms with van der Waals surface area (Å²) in [6.45, 7) is 24.1. The zero-order valence-electron chi connectivity index (χ0n) is 32.0. The molecule has 6 heteroatoms. The zero-order chi connectivity index (χ0) is 37.1. The highest BCUT2D eigenvalue weighted by Gasteiger charge is 2.31. The van der Waals surface area contributed by atoms with Crippen LogP contribution in [0.15, 0.2) is 49.6 Å². The number of furan rings is 3. The van der Waals surface area contributed by atoms with Crippen molar-refractivity contribution in [2.75, 3.05) is 0 Å². The van der Waals surface area contributed by atoms with Crippen LogP contribution in [0.1, 0.15) is 165 Å². The lowest BCUT2D eigenvalue weighted by molar-refractivity contribution is 0.100. The Morgan fingerprint density at radius 1 is 0.431 bits per heavy atom. The fourth-order valence-corrected chi connectivity index (χ4v) is 7.70. The van der Waals surface area contributed by atoms with Gasteiger partial charge in [0.2, 0.25) is 0 Å². The minimum Gasteiger partial charge on any atom is -0.460 e. The lowest BCUT2D eigenvalue weighted by Gasteiger charge is -2.20. The van der Waals surface area contributed by atoms with Gasteiger partial charge in [0.25, 0.3) is 0 Å². The Morgan fingerprint density at radius 2 is 0.667 bits per heavy atom. The summed E-state index contributed by atoms with van der Waals surface area (Å²) in [5.74, 6) is 1.34. The monoisotopic (exact) mass is 684 g/mol. The summed E-state index contributed by atoms with van der Waals surface area (Å²) in [7, 11) is 0. The Labute approximate surface area is 299 Å². The van der Waals surface area contributed by atoms with Crippen molar-refractivity contribution in [3.63, 3.8) is 0 Å². The summed E-state index contributed by atoms with van der Waals surface area (Å²) in [6, 6.07) is 12.6. The van der Waals surface area contributed by atoms with Crippen LogP contribution in [-0.2, 0) is 35.5 Å². The number of fused-ring (bicyclic) bond motifs is 3. The normalized spacial score (nSPS) is 13.9. The molecule has 3 aromatic carbocycles. The minimum absolute atomic E-state index is 0.0952. The maximum absolute atomic E-state index is 13.6. The lowest BCUT2D eigenvalue weighted by Crippen LogP contribution is -2.12. The number of benzene rings is 3. The summed E-state index contributed by atoms with van der Waals surface area (Å²) in [5.41, 5.74) is 8.44. The number of carbonyl (C=O) groups is 3. The Bertz CT molecular complexity index is 2190. The lowest BCUT2D eigenvalue weighted by atomic mass is 9.83. The predicted octanol–water partition coefficient (Wildman–Crippen LogP) is 11.5. The molecule has 0 aliphatic carbocycles. The molecule has 0 fully saturated rings. The molecule has 1 aliphatic heterocycles. The maximum atomic E-state index is 13.6. The summed E-state index contributed by atoms with van der Waals surface area (Å²) >= 11 is 0. The van der Waals surface area contributed by atoms with Crippen LogP contribution in [0.2, 0.25) is 0 Å². The first-order valence-electron chi connectivity index (χ1n) is 17.9. The second kappa shape index (κ2) is 11.4. The van der Waals surface area contributed by atoms with E-state index in [4.69, 9.17) is 13.3 Å². The molecule has 0 amide bonds. The second-order valence-electron chi connectivity index (χ2n) is 17.7. The molecule has 264 valence electrons. The van der Waals surface area contributed by atoms with E-state index in [1.54, 1.807) is 20.8 Å². The van der Waals surface area contributed by atoms with Crippen molar-refractivity contribution in [1.29, 1.82) is 0 Å². The van der Waals surface area contributed by atoms with Crippen molar-refractivity contribution in [3.8, 4) is 0 Å². The van der Waals surface area contributed by atoms with E-state index in [0.717, 1.165) is 49.5 Å². The molecule has 51 heavy (non-hydrogen) atoms. The van der Waals surface area contributed by atoms with Gasteiger partial charge in [-0.15, -0.1) is 0 Å². The fourth-order valence-electron chi connectivity index (χ4n) is 7.70. The van der Waals surface area contributed by atoms with Crippen molar-refractivity contribution in [3.05, 3.63) is 104 Å². The van der Waals surface area contributed by atoms with E-state index in [9.17, 15) is 14.4 Å². The molecular formula is C45H48O6. The van der Waals surface area contributed by atoms with Gasteiger partial charge in [0.15, 0.2) is 17.3 Å². The predicted molar refractivity (Wildman–Crippen MR) is 203 cm³/mol. The summed E-state index contributed by atoms with van der Waals surface area (Å²) in [6.07, 6.45) is 0.891. The molecule has 0 N–H and O–H groups in total. The smallest absolute Gasteiger partial charge is 0.163 e. The summed E-state index contributed by atoms with van der Waals surface area (Å²) < 4.78 is 20.4. The van der Waals surface area contributed by atoms with Crippen molar-refractivity contribution in [2.45, 2.75) is 119 Å². The third-order valence-corrected chi connectivity index (χ3v) is 10.5. The van der Waals surface area contributed by atoms with Crippen LogP contribution in [0, 0.1) is 0 Å². The Balaban J connectivity index is 1.69. The van der Waals surface area contributed by atoms with Gasteiger partial charge in [-0.3, -0.25) is 14.4 Å². The van der Waals surface area contributed by atoms with Crippen LogP contribution in [0.4, 0.5) is 0 Å². The first-order valence-corrected chi connectivity index (χ1v) is 17.9. The fraction of sp³-hybridized carbons (Fsp3) is 0.400. The maximum Gasteiger partial charge on any atom is 0.163 e. The third-order valence-electron chi connectivity index (χ3n) is 10.5. The van der Waals surface area contributed by atoms with Gasteiger partial charge in [-0.1, -0.05) is 80.5 Å². The SMILES string of the molecule is CC(=O)c1c2oc3c(cc(C(C)(C)C)cc13)Cc1oc3c(cc(C(C)(C)C)cc3c1C(C)=O)Cc1oc3c(cc(C(C)(C)C)cc3c1C(C)=O)C2. The molecule has 6 bridgehead atoms. The summed E-state index contributed by atoms with van der Waals surface area (Å²) in [4.78, 5) is 40.8. The molecule has 6 nitrogen and oxygen atoms in total. The van der Waals surface area contributed by atoms with Gasteiger partial charge in [0, 0.05) is 52.1 Å². The van der Waals surface area contributed by atoms with Crippen molar-refractivity contribution < 1.29 is 27.6 Å². The molecule has 4 heterocycles. The number of rotatable bonds is 3. The molecule has 0 radical (unpaired) electrons. The van der Waals surface area contributed by atoms with Gasteiger partial charge in [0.05, 0.1) is 16.7 Å². The molecule has 1 aliphatic rings. The number of ketones is 3. The average Bonchev–Trinajstić information content (AvgIpc) is 3.66. The Kier molecular flexibility index (Phi) is 7.76. The van der Waals surface area contributed by atoms with E-state index in [-0.39, 0.29) is 33.6 Å². The highest BCUT2D eigenvalue weighted by Crippen LogP contribution is 2.43. The molecule has 0 saturated carbocycles. The van der Waals surface area contributed by atoms with Crippen molar-refractivity contribution in [2.24, 2.45) is 0 Å². The molecule has 0 spiro atoms. The minimum atomic E-state index is -0.234. The zero-order valence-corrected chi connectivity index (χ0v) is 32.0. The van der Waals surface area contributed by atoms with Crippen LogP contribution >= 0.6 is 0 Å². The first-order chi connectivity index (χ1) is 23.6. The van der Waals surface area contributed by atoms with Crippen LogP contribution < -0.4 is 0 Å². The number of carbonyl (C=O) groups excluding carboxylic acids is 3. The van der Waals surface area contributed by atoms with Crippen molar-refractivity contribution >= 4 is 50.3 Å². The standard InChI is InChI=1S/C45H48O6/c1-22(46)37-31-19-28(43(4,5)6)14-26-17-35-39(24(3)48)33-21-30(45(10,11)12)15-27(42(33)51-35)18-36-38(23(2)47)32-20-29(44(7,8)9)13-25(41(32)50-36)16-34(37)49-40(26)31/h13-15,19-21H,16-18H2,1-12H3. The second-order valence-corrected chi connectivity index (χ2v) is 17.7. The Morgan fingerprint density at radius 3 is 0.863 bits per heavy atom. The highest BCUT2D eigenvalue weighted by molar-refractivity contribution is 6.11. The number of hydrogen-bond donors (Lipinski definition) is 0. The third kappa shape index (κ3) is 5.77. The van der Waals surface area contributed by atoms with E-state index in [2.05, 4.69) is 98.7 Å². The number of Topliss-reactive ketones (excluding diaryl/α,β-unsaturated/α-hetero) is 3. The van der Waals surface area contributed by atoms with E-state index >= 15 is 0 Å². The summed E-state index contributed by atoms with van der Waals surface area (Å²) in [5, 5.41) is 2.24. The average molecular weight is 685 g/mol. The topological polar surface area (TPSA) is 90.6 Å². The van der Waals surface area contributed by atoms with E-state index in [1.807, 2.05) is 0 Å². The van der Waals surface area contributed by atoms with Crippen LogP contribution in [0.3, 0.4) is 0 Å². The van der Waals surface area contributed by atoms with Gasteiger partial charge in [0.1, 0.15) is 34.0 Å². The van der Waals surface area contributed by atoms with E-state index in [0.29, 0.717) is 70.0 Å². The molecular weight excluding hydrogens is 636 g/mol. The quantitative estimate of drug-likeness (QED) is 0.172. The number of hydrogen-bond acceptors (Lipinski definition) is 6. The first kappa shape index (κ1) is 34.7. The van der Waals surface area contributed by atoms with E-state index in [1.165, 1.54) is 0 Å². The molecule has 0 atom stereocenters. The Hall–Kier alpha value is -4.71.